The lowest BCUT2D eigenvalue weighted by atomic mass is 10.3. The van der Waals surface area contributed by atoms with Crippen molar-refractivity contribution in [3.8, 4) is 11.6 Å². The van der Waals surface area contributed by atoms with Gasteiger partial charge in [0.05, 0.1) is 4.90 Å². The van der Waals surface area contributed by atoms with Crippen LogP contribution in [-0.2, 0) is 16.3 Å². The first-order valence-electron chi connectivity index (χ1n) is 6.50. The zero-order valence-electron chi connectivity index (χ0n) is 11.9. The number of aryl methyl sites for hydroxylation is 1. The number of benzene rings is 1. The van der Waals surface area contributed by atoms with E-state index in [0.29, 0.717) is 29.7 Å². The monoisotopic (exact) mass is 307 g/mol. The Balaban J connectivity index is 2.30. The number of hydrogen-bond donors (Lipinski definition) is 1. The molecule has 112 valence electrons. The van der Waals surface area contributed by atoms with E-state index >= 15 is 0 Å². The van der Waals surface area contributed by atoms with Gasteiger partial charge in [0.1, 0.15) is 17.4 Å². The van der Waals surface area contributed by atoms with Crippen molar-refractivity contribution in [2.75, 3.05) is 12.0 Å². The van der Waals surface area contributed by atoms with Gasteiger partial charge in [-0.05, 0) is 24.6 Å². The minimum atomic E-state index is -3.28. The van der Waals surface area contributed by atoms with E-state index in [1.165, 1.54) is 18.2 Å². The van der Waals surface area contributed by atoms with Gasteiger partial charge in [0.15, 0.2) is 9.84 Å². The highest BCUT2D eigenvalue weighted by Crippen LogP contribution is 2.23. The van der Waals surface area contributed by atoms with Crippen LogP contribution in [0.15, 0.2) is 35.2 Å². The summed E-state index contributed by atoms with van der Waals surface area (Å²) in [5.41, 5.74) is 5.72. The van der Waals surface area contributed by atoms with Crippen LogP contribution in [0.25, 0.3) is 0 Å². The van der Waals surface area contributed by atoms with E-state index < -0.39 is 9.84 Å². The smallest absolute Gasteiger partial charge is 0.224 e. The number of anilines is 1. The van der Waals surface area contributed by atoms with Crippen molar-refractivity contribution in [1.29, 1.82) is 0 Å². The molecular formula is C14H17N3O3S. The Kier molecular flexibility index (Phi) is 4.42. The van der Waals surface area contributed by atoms with Gasteiger partial charge in [-0.3, -0.25) is 0 Å². The maximum atomic E-state index is 11.5. The Morgan fingerprint density at radius 3 is 2.67 bits per heavy atom. The fourth-order valence-electron chi connectivity index (χ4n) is 1.77. The Labute approximate surface area is 123 Å². The summed E-state index contributed by atoms with van der Waals surface area (Å²) in [4.78, 5) is 8.55. The van der Waals surface area contributed by atoms with Crippen molar-refractivity contribution in [3.63, 3.8) is 0 Å². The molecule has 0 amide bonds. The van der Waals surface area contributed by atoms with E-state index in [-0.39, 0.29) is 4.90 Å². The van der Waals surface area contributed by atoms with Gasteiger partial charge >= 0.3 is 0 Å². The first-order chi connectivity index (χ1) is 9.88. The van der Waals surface area contributed by atoms with Crippen LogP contribution < -0.4 is 10.5 Å². The summed E-state index contributed by atoms with van der Waals surface area (Å²) in [7, 11) is -3.28. The van der Waals surface area contributed by atoms with Gasteiger partial charge in [0.25, 0.3) is 0 Å². The molecule has 0 fully saturated rings. The molecule has 6 nitrogen and oxygen atoms in total. The maximum absolute atomic E-state index is 11.5. The van der Waals surface area contributed by atoms with Crippen molar-refractivity contribution < 1.29 is 13.2 Å². The SMILES string of the molecule is CCCc1nc(N)cc(Oc2cccc(S(C)(=O)=O)c2)n1. The second kappa shape index (κ2) is 6.09. The largest absolute Gasteiger partial charge is 0.439 e. The van der Waals surface area contributed by atoms with E-state index in [2.05, 4.69) is 9.97 Å². The molecule has 0 aliphatic rings. The summed E-state index contributed by atoms with van der Waals surface area (Å²) in [5.74, 6) is 1.62. The van der Waals surface area contributed by atoms with Gasteiger partial charge in [0, 0.05) is 18.7 Å². The van der Waals surface area contributed by atoms with Crippen molar-refractivity contribution in [2.45, 2.75) is 24.7 Å². The predicted octanol–water partition coefficient (Wildman–Crippen LogP) is 2.21. The topological polar surface area (TPSA) is 95.2 Å². The Hall–Kier alpha value is -2.15. The van der Waals surface area contributed by atoms with Crippen LogP contribution in [0, 0.1) is 0 Å². The molecule has 2 rings (SSSR count). The fraction of sp³-hybridized carbons (Fsp3) is 0.286. The third-order valence-electron chi connectivity index (χ3n) is 2.70. The molecule has 0 atom stereocenters. The van der Waals surface area contributed by atoms with Gasteiger partial charge < -0.3 is 10.5 Å². The average Bonchev–Trinajstić information content (AvgIpc) is 2.37. The van der Waals surface area contributed by atoms with Gasteiger partial charge in [-0.25, -0.2) is 13.4 Å². The standard InChI is InChI=1S/C14H17N3O3S/c1-3-5-13-16-12(15)9-14(17-13)20-10-6-4-7-11(8-10)21(2,18)19/h4,6-9H,3,5H2,1-2H3,(H2,15,16,17). The zero-order valence-corrected chi connectivity index (χ0v) is 12.7. The van der Waals surface area contributed by atoms with Crippen LogP contribution in [0.3, 0.4) is 0 Å². The molecule has 0 radical (unpaired) electrons. The van der Waals surface area contributed by atoms with E-state index in [1.807, 2.05) is 6.92 Å². The molecule has 1 aromatic heterocycles. The lowest BCUT2D eigenvalue weighted by Gasteiger charge is -2.08. The summed E-state index contributed by atoms with van der Waals surface area (Å²) in [6, 6.07) is 7.74. The summed E-state index contributed by atoms with van der Waals surface area (Å²) in [6.45, 7) is 2.02. The molecule has 1 heterocycles. The molecule has 0 aliphatic carbocycles. The zero-order chi connectivity index (χ0) is 15.5. The van der Waals surface area contributed by atoms with E-state index in [4.69, 9.17) is 10.5 Å². The normalized spacial score (nSPS) is 11.3. The summed E-state index contributed by atoms with van der Waals surface area (Å²) in [5, 5.41) is 0. The summed E-state index contributed by atoms with van der Waals surface area (Å²) >= 11 is 0. The number of aromatic nitrogens is 2. The number of ether oxygens (including phenoxy) is 1. The highest BCUT2D eigenvalue weighted by molar-refractivity contribution is 7.90. The number of sulfone groups is 1. The minimum Gasteiger partial charge on any atom is -0.439 e. The van der Waals surface area contributed by atoms with Crippen molar-refractivity contribution in [1.82, 2.24) is 9.97 Å². The van der Waals surface area contributed by atoms with Crippen LogP contribution in [0.5, 0.6) is 11.6 Å². The van der Waals surface area contributed by atoms with Gasteiger partial charge in [-0.15, -0.1) is 0 Å². The third kappa shape index (κ3) is 4.16. The number of rotatable bonds is 5. The Bertz CT molecular complexity index is 745. The first kappa shape index (κ1) is 15.2. The number of hydrogen-bond acceptors (Lipinski definition) is 6. The summed E-state index contributed by atoms with van der Waals surface area (Å²) in [6.07, 6.45) is 2.74. The second-order valence-corrected chi connectivity index (χ2v) is 6.66. The van der Waals surface area contributed by atoms with Crippen LogP contribution >= 0.6 is 0 Å². The van der Waals surface area contributed by atoms with E-state index in [1.54, 1.807) is 12.1 Å². The fourth-order valence-corrected chi connectivity index (χ4v) is 2.43. The van der Waals surface area contributed by atoms with Crippen LogP contribution in [0.2, 0.25) is 0 Å². The average molecular weight is 307 g/mol. The molecule has 0 spiro atoms. The van der Waals surface area contributed by atoms with E-state index in [9.17, 15) is 8.42 Å². The number of nitrogen functional groups attached to an aromatic ring is 1. The van der Waals surface area contributed by atoms with Gasteiger partial charge in [-0.1, -0.05) is 13.0 Å². The minimum absolute atomic E-state index is 0.191. The number of nitrogens with zero attached hydrogens (tertiary/aromatic N) is 2. The maximum Gasteiger partial charge on any atom is 0.224 e. The molecule has 0 saturated carbocycles. The highest BCUT2D eigenvalue weighted by atomic mass is 32.2. The van der Waals surface area contributed by atoms with Crippen LogP contribution in [0.4, 0.5) is 5.82 Å². The van der Waals surface area contributed by atoms with Gasteiger partial charge in [0.2, 0.25) is 5.88 Å². The third-order valence-corrected chi connectivity index (χ3v) is 3.81. The van der Waals surface area contributed by atoms with Crippen molar-refractivity contribution in [2.24, 2.45) is 0 Å². The lowest BCUT2D eigenvalue weighted by Crippen LogP contribution is -2.02. The lowest BCUT2D eigenvalue weighted by molar-refractivity contribution is 0.457. The van der Waals surface area contributed by atoms with E-state index in [0.717, 1.165) is 12.7 Å². The quantitative estimate of drug-likeness (QED) is 0.910. The Morgan fingerprint density at radius 1 is 1.24 bits per heavy atom. The van der Waals surface area contributed by atoms with Crippen LogP contribution in [0.1, 0.15) is 19.2 Å². The second-order valence-electron chi connectivity index (χ2n) is 4.65. The molecule has 2 N–H and O–H groups in total. The summed E-state index contributed by atoms with van der Waals surface area (Å²) < 4.78 is 28.6. The first-order valence-corrected chi connectivity index (χ1v) is 8.39. The molecule has 7 heteroatoms. The molecule has 21 heavy (non-hydrogen) atoms. The molecule has 0 unspecified atom stereocenters. The molecule has 1 aromatic carbocycles. The molecule has 2 aromatic rings. The molecule has 0 saturated heterocycles. The molecule has 0 bridgehead atoms. The molecule has 0 aliphatic heterocycles. The Morgan fingerprint density at radius 2 is 2.00 bits per heavy atom. The van der Waals surface area contributed by atoms with Crippen molar-refractivity contribution in [3.05, 3.63) is 36.2 Å². The van der Waals surface area contributed by atoms with Gasteiger partial charge in [-0.2, -0.15) is 4.98 Å². The van der Waals surface area contributed by atoms with Crippen molar-refractivity contribution >= 4 is 15.7 Å². The molecular weight excluding hydrogens is 290 g/mol. The predicted molar refractivity (Wildman–Crippen MR) is 80.1 cm³/mol. The number of nitrogens with two attached hydrogens (primary N) is 1. The highest BCUT2D eigenvalue weighted by Gasteiger charge is 2.09. The van der Waals surface area contributed by atoms with Crippen LogP contribution in [-0.4, -0.2) is 24.6 Å².